The maximum Gasteiger partial charge on any atom is 0.167 e. The maximum absolute atomic E-state index is 11.8. The average molecular weight is 305 g/mol. The summed E-state index contributed by atoms with van der Waals surface area (Å²) in [7, 11) is 0. The van der Waals surface area contributed by atoms with Crippen molar-refractivity contribution in [3.63, 3.8) is 0 Å². The molecule has 0 bridgehead atoms. The number of hydrogen-bond donors (Lipinski definition) is 0. The van der Waals surface area contributed by atoms with Crippen LogP contribution < -0.4 is 4.74 Å². The van der Waals surface area contributed by atoms with Gasteiger partial charge in [-0.15, -0.1) is 0 Å². The molecule has 0 amide bonds. The molecule has 0 heterocycles. The molecule has 0 fully saturated rings. The predicted molar refractivity (Wildman–Crippen MR) is 90.2 cm³/mol. The second-order valence-corrected chi connectivity index (χ2v) is 5.91. The summed E-state index contributed by atoms with van der Waals surface area (Å²) in [6.45, 7) is 9.91. The average Bonchev–Trinajstić information content (AvgIpc) is 2.37. The summed E-state index contributed by atoms with van der Waals surface area (Å²) in [6.07, 6.45) is 0.995. The Labute approximate surface area is 133 Å². The van der Waals surface area contributed by atoms with Crippen molar-refractivity contribution in [2.24, 2.45) is 5.11 Å². The molecule has 0 spiro atoms. The molecule has 1 rings (SSSR count). The molecule has 0 N–H and O–H groups in total. The summed E-state index contributed by atoms with van der Waals surface area (Å²) < 4.78 is 5.61. The molecule has 0 aliphatic carbocycles. The monoisotopic (exact) mass is 305 g/mol. The molecule has 0 aliphatic rings. The number of benzene rings is 1. The van der Waals surface area contributed by atoms with Crippen molar-refractivity contribution in [2.45, 2.75) is 60.3 Å². The molecule has 0 radical (unpaired) electrons. The van der Waals surface area contributed by atoms with Crippen molar-refractivity contribution in [3.8, 4) is 5.75 Å². The lowest BCUT2D eigenvalue weighted by Crippen LogP contribution is -2.24. The zero-order valence-electron chi connectivity index (χ0n) is 13.4. The molecule has 22 heavy (non-hydrogen) atoms. The molecule has 0 saturated carbocycles. The highest BCUT2D eigenvalue weighted by Crippen LogP contribution is 2.38. The summed E-state index contributed by atoms with van der Waals surface area (Å²) in [5, 5.41) is 3.42. The maximum atomic E-state index is 11.8. The van der Waals surface area contributed by atoms with E-state index in [4.69, 9.17) is 10.3 Å². The highest BCUT2D eigenvalue weighted by Gasteiger charge is 2.29. The van der Waals surface area contributed by atoms with E-state index in [0.29, 0.717) is 18.6 Å². The van der Waals surface area contributed by atoms with Gasteiger partial charge in [0.25, 0.3) is 0 Å². The van der Waals surface area contributed by atoms with Gasteiger partial charge in [-0.3, -0.25) is 4.79 Å². The molecule has 122 valence electrons. The minimum atomic E-state index is -0.323. The fourth-order valence-corrected chi connectivity index (χ4v) is 2.74. The first-order valence-electron chi connectivity index (χ1n) is 7.09. The van der Waals surface area contributed by atoms with Crippen LogP contribution in [0.1, 0.15) is 57.7 Å². The minimum absolute atomic E-state index is 0. The Morgan fingerprint density at radius 1 is 1.36 bits per heavy atom. The third-order valence-electron chi connectivity index (χ3n) is 3.49. The van der Waals surface area contributed by atoms with Crippen LogP contribution in [-0.4, -0.2) is 12.5 Å². The molecule has 1 aromatic rings. The normalized spacial score (nSPS) is 10.4. The Bertz CT molecular complexity index is 574. The van der Waals surface area contributed by atoms with Gasteiger partial charge in [0.1, 0.15) is 11.5 Å². The van der Waals surface area contributed by atoms with Crippen molar-refractivity contribution >= 4 is 5.78 Å². The lowest BCUT2D eigenvalue weighted by atomic mass is 9.77. The fourth-order valence-electron chi connectivity index (χ4n) is 2.74. The van der Waals surface area contributed by atoms with Gasteiger partial charge in [0.2, 0.25) is 0 Å². The molecular weight excluding hydrogens is 278 g/mol. The lowest BCUT2D eigenvalue weighted by Gasteiger charge is -2.29. The van der Waals surface area contributed by atoms with Gasteiger partial charge in [-0.2, -0.15) is 0 Å². The predicted octanol–water partition coefficient (Wildman–Crippen LogP) is 5.23. The molecular formula is C17H27N3O2. The molecule has 5 nitrogen and oxygen atoms in total. The van der Waals surface area contributed by atoms with E-state index in [1.54, 1.807) is 0 Å². The molecule has 1 aromatic carbocycles. The number of rotatable bonds is 7. The summed E-state index contributed by atoms with van der Waals surface area (Å²) in [4.78, 5) is 14.5. The van der Waals surface area contributed by atoms with E-state index >= 15 is 0 Å². The first-order chi connectivity index (χ1) is 9.81. The van der Waals surface area contributed by atoms with E-state index in [1.807, 2.05) is 40.7 Å². The highest BCUT2D eigenvalue weighted by atomic mass is 16.5. The first-order valence-corrected chi connectivity index (χ1v) is 7.09. The number of carbonyl (C=O) groups excluding carboxylic acids is 1. The SMILES string of the molecule is C.CCC(=O)CC(C)(C)c1c(C)cc(C)cc1OCN=[N+]=[N-]. The van der Waals surface area contributed by atoms with Crippen molar-refractivity contribution in [1.29, 1.82) is 0 Å². The topological polar surface area (TPSA) is 75.1 Å². The zero-order chi connectivity index (χ0) is 16.0. The second kappa shape index (κ2) is 8.44. The number of hydrogen-bond acceptors (Lipinski definition) is 3. The first kappa shape index (κ1) is 20.0. The van der Waals surface area contributed by atoms with Gasteiger partial charge in [-0.05, 0) is 36.6 Å². The standard InChI is InChI=1S/C16H23N3O2.CH4/c1-6-13(20)9-16(4,5)15-12(3)7-11(2)8-14(15)21-10-18-19-17;/h7-8H,6,9-10H2,1-5H3;1H4. The van der Waals surface area contributed by atoms with Gasteiger partial charge in [0.15, 0.2) is 6.73 Å². The number of ether oxygens (including phenoxy) is 1. The van der Waals surface area contributed by atoms with E-state index in [1.165, 1.54) is 0 Å². The summed E-state index contributed by atoms with van der Waals surface area (Å²) in [5.41, 5.74) is 11.2. The van der Waals surface area contributed by atoms with Gasteiger partial charge < -0.3 is 4.74 Å². The number of azide groups is 1. The van der Waals surface area contributed by atoms with Crippen LogP contribution in [-0.2, 0) is 10.2 Å². The van der Waals surface area contributed by atoms with Crippen LogP contribution in [0.25, 0.3) is 10.4 Å². The molecule has 0 saturated heterocycles. The molecule has 0 unspecified atom stereocenters. The quantitative estimate of drug-likeness (QED) is 0.393. The lowest BCUT2D eigenvalue weighted by molar-refractivity contribution is -0.119. The van der Waals surface area contributed by atoms with Crippen molar-refractivity contribution in [1.82, 2.24) is 0 Å². The Hall–Kier alpha value is -2.00. The van der Waals surface area contributed by atoms with Gasteiger partial charge in [-0.1, -0.05) is 39.4 Å². The third kappa shape index (κ3) is 5.08. The Kier molecular flexibility index (Phi) is 7.68. The summed E-state index contributed by atoms with van der Waals surface area (Å²) >= 11 is 0. The van der Waals surface area contributed by atoms with Crippen molar-refractivity contribution < 1.29 is 9.53 Å². The van der Waals surface area contributed by atoms with Gasteiger partial charge in [0.05, 0.1) is 0 Å². The Morgan fingerprint density at radius 2 is 2.00 bits per heavy atom. The van der Waals surface area contributed by atoms with Crippen LogP contribution in [0.3, 0.4) is 0 Å². The van der Waals surface area contributed by atoms with E-state index in [0.717, 1.165) is 16.7 Å². The summed E-state index contributed by atoms with van der Waals surface area (Å²) in [6, 6.07) is 4.00. The molecule has 0 aliphatic heterocycles. The summed E-state index contributed by atoms with van der Waals surface area (Å²) in [5.74, 6) is 0.912. The van der Waals surface area contributed by atoms with Crippen molar-refractivity contribution in [2.75, 3.05) is 6.73 Å². The van der Waals surface area contributed by atoms with Gasteiger partial charge in [-0.25, -0.2) is 0 Å². The van der Waals surface area contributed by atoms with Crippen molar-refractivity contribution in [3.05, 3.63) is 39.3 Å². The number of aryl methyl sites for hydroxylation is 2. The van der Waals surface area contributed by atoms with Crippen LogP contribution in [0.15, 0.2) is 17.2 Å². The minimum Gasteiger partial charge on any atom is -0.487 e. The number of Topliss-reactive ketones (excluding diaryl/α,β-unsaturated/α-hetero) is 1. The molecule has 0 atom stereocenters. The largest absolute Gasteiger partial charge is 0.487 e. The van der Waals surface area contributed by atoms with Crippen LogP contribution >= 0.6 is 0 Å². The Morgan fingerprint density at radius 3 is 2.55 bits per heavy atom. The third-order valence-corrected chi connectivity index (χ3v) is 3.49. The molecule has 5 heteroatoms. The van der Waals surface area contributed by atoms with E-state index < -0.39 is 0 Å². The fraction of sp³-hybridized carbons (Fsp3) is 0.588. The number of ketones is 1. The second-order valence-electron chi connectivity index (χ2n) is 5.91. The number of carbonyl (C=O) groups is 1. The Balaban J connectivity index is 0.00000441. The van der Waals surface area contributed by atoms with Crippen LogP contribution in [0.4, 0.5) is 0 Å². The van der Waals surface area contributed by atoms with Gasteiger partial charge in [0, 0.05) is 28.7 Å². The van der Waals surface area contributed by atoms with Gasteiger partial charge >= 0.3 is 0 Å². The van der Waals surface area contributed by atoms with Crippen LogP contribution in [0.5, 0.6) is 5.75 Å². The van der Waals surface area contributed by atoms with Crippen LogP contribution in [0, 0.1) is 13.8 Å². The van der Waals surface area contributed by atoms with E-state index in [9.17, 15) is 4.79 Å². The smallest absolute Gasteiger partial charge is 0.167 e. The zero-order valence-corrected chi connectivity index (χ0v) is 13.4. The van der Waals surface area contributed by atoms with E-state index in [2.05, 4.69) is 16.1 Å². The number of nitrogens with zero attached hydrogens (tertiary/aromatic N) is 3. The van der Waals surface area contributed by atoms with Crippen LogP contribution in [0.2, 0.25) is 0 Å². The van der Waals surface area contributed by atoms with E-state index in [-0.39, 0.29) is 25.4 Å². The highest BCUT2D eigenvalue weighted by molar-refractivity contribution is 5.79. The molecule has 0 aromatic heterocycles.